The fraction of sp³-hybridized carbons (Fsp3) is 0.750. The zero-order chi connectivity index (χ0) is 21.1. The Kier molecular flexibility index (Phi) is 17.0. The van der Waals surface area contributed by atoms with E-state index in [1.54, 1.807) is 0 Å². The molecule has 178 valence electrons. The quantitative estimate of drug-likeness (QED) is 0.273. The Morgan fingerprint density at radius 3 is 0.667 bits per heavy atom. The number of carbonyl (C=O) groups excluding carboxylic acids is 4. The molecule has 1 fully saturated rings. The number of hydrogen-bond acceptors (Lipinski definition) is 12. The van der Waals surface area contributed by atoms with Gasteiger partial charge < -0.3 is 39.6 Å². The van der Waals surface area contributed by atoms with Crippen molar-refractivity contribution in [1.29, 1.82) is 0 Å². The third-order valence-electron chi connectivity index (χ3n) is 4.34. The first-order valence-corrected chi connectivity index (χ1v) is 8.84. The molecule has 30 heavy (non-hydrogen) atoms. The molecule has 0 aromatic heterocycles. The van der Waals surface area contributed by atoms with Crippen molar-refractivity contribution in [2.75, 3.05) is 78.5 Å². The Labute approximate surface area is 195 Å². The van der Waals surface area contributed by atoms with Gasteiger partial charge in [-0.25, -0.2) is 0 Å². The van der Waals surface area contributed by atoms with Gasteiger partial charge in [-0.3, -0.25) is 19.6 Å². The van der Waals surface area contributed by atoms with Gasteiger partial charge in [0, 0.05) is 78.5 Å². The van der Waals surface area contributed by atoms with Crippen molar-refractivity contribution in [3.05, 3.63) is 0 Å². The third kappa shape index (κ3) is 14.7. The molecule has 0 aromatic rings. The van der Waals surface area contributed by atoms with Gasteiger partial charge in [0.05, 0.1) is 23.9 Å². The van der Waals surface area contributed by atoms with Crippen LogP contribution >= 0.6 is 0 Å². The van der Waals surface area contributed by atoms with Gasteiger partial charge in [-0.05, 0) is 0 Å². The second-order valence-electron chi connectivity index (χ2n) is 6.59. The first-order chi connectivity index (χ1) is 13.2. The molecular weight excluding hydrogens is 503 g/mol. The average molecular weight is 527 g/mol. The van der Waals surface area contributed by atoms with Crippen molar-refractivity contribution >= 4 is 23.9 Å². The van der Waals surface area contributed by atoms with Crippen molar-refractivity contribution < 1.29 is 73.7 Å². The summed E-state index contributed by atoms with van der Waals surface area (Å²) >= 11 is 0. The van der Waals surface area contributed by atoms with Gasteiger partial charge in [0.1, 0.15) is 0 Å². The molecule has 1 saturated heterocycles. The van der Waals surface area contributed by atoms with E-state index in [4.69, 9.17) is 0 Å². The number of carboxylic acid groups (broad SMARTS) is 4. The first kappa shape index (κ1) is 30.9. The summed E-state index contributed by atoms with van der Waals surface area (Å²) in [4.78, 5) is 49.9. The maximum absolute atomic E-state index is 11.0. The molecule has 0 amide bonds. The third-order valence-corrected chi connectivity index (χ3v) is 4.34. The Morgan fingerprint density at radius 2 is 0.567 bits per heavy atom. The molecular formula is C16H24Cu2N4O8. The molecule has 0 N–H and O–H groups in total. The van der Waals surface area contributed by atoms with Crippen LogP contribution in [-0.2, 0) is 53.3 Å². The van der Waals surface area contributed by atoms with Crippen molar-refractivity contribution in [3.63, 3.8) is 0 Å². The van der Waals surface area contributed by atoms with Gasteiger partial charge in [-0.2, -0.15) is 0 Å². The maximum Gasteiger partial charge on any atom is 2.00 e. The molecule has 1 rings (SSSR count). The average Bonchev–Trinajstić information content (AvgIpc) is 2.55. The molecule has 1 aliphatic rings. The Morgan fingerprint density at radius 1 is 0.433 bits per heavy atom. The van der Waals surface area contributed by atoms with E-state index in [1.807, 2.05) is 0 Å². The van der Waals surface area contributed by atoms with Crippen LogP contribution in [0.5, 0.6) is 0 Å². The largest absolute Gasteiger partial charge is 2.00 e. The van der Waals surface area contributed by atoms with E-state index >= 15 is 0 Å². The summed E-state index contributed by atoms with van der Waals surface area (Å²) in [5, 5.41) is 43.8. The normalized spacial score (nSPS) is 18.1. The van der Waals surface area contributed by atoms with E-state index in [1.165, 1.54) is 19.6 Å². The predicted octanol–water partition coefficient (Wildman–Crippen LogP) is -7.80. The SMILES string of the molecule is O=C([O-])CN1CCN(CC(=O)[O-])CCN(CC(=O)[O-])CCN(CC(=O)[O-])CC1.[Cu+2].[Cu+2]. The molecule has 0 unspecified atom stereocenters. The number of rotatable bonds is 8. The standard InChI is InChI=1S/C16H28N4O8.2Cu/c21-13(22)9-17-1-2-18(10-14(23)24)5-6-20(12-16(27)28)8-7-19(4-3-17)11-15(25)26;;/h1-12H2,(H,21,22)(H,23,24)(H,25,26)(H,27,28);;/q;2*+2/p-4. The van der Waals surface area contributed by atoms with Gasteiger partial charge in [0.25, 0.3) is 0 Å². The summed E-state index contributed by atoms with van der Waals surface area (Å²) in [6.07, 6.45) is 0. The van der Waals surface area contributed by atoms with Crippen LogP contribution in [0.15, 0.2) is 0 Å². The Hall–Kier alpha value is -1.24. The molecule has 14 heteroatoms. The monoisotopic (exact) mass is 526 g/mol. The van der Waals surface area contributed by atoms with Gasteiger partial charge in [0.2, 0.25) is 0 Å². The minimum absolute atomic E-state index is 0. The summed E-state index contributed by atoms with van der Waals surface area (Å²) in [5.74, 6) is -5.20. The second kappa shape index (κ2) is 16.5. The molecule has 0 atom stereocenters. The number of nitrogens with zero attached hydrogens (tertiary/aromatic N) is 4. The van der Waals surface area contributed by atoms with Crippen molar-refractivity contribution in [3.8, 4) is 0 Å². The number of aliphatic carboxylic acids is 4. The van der Waals surface area contributed by atoms with Crippen LogP contribution in [0, 0.1) is 0 Å². The number of hydrogen-bond donors (Lipinski definition) is 0. The minimum Gasteiger partial charge on any atom is -0.549 e. The number of carboxylic acids is 4. The number of carbonyl (C=O) groups is 4. The molecule has 0 aliphatic carbocycles. The maximum atomic E-state index is 11.0. The van der Waals surface area contributed by atoms with E-state index in [2.05, 4.69) is 0 Å². The van der Waals surface area contributed by atoms with Crippen molar-refractivity contribution in [2.24, 2.45) is 0 Å². The summed E-state index contributed by atoms with van der Waals surface area (Å²) < 4.78 is 0. The fourth-order valence-electron chi connectivity index (χ4n) is 2.94. The first-order valence-electron chi connectivity index (χ1n) is 8.84. The van der Waals surface area contributed by atoms with E-state index in [9.17, 15) is 39.6 Å². The van der Waals surface area contributed by atoms with Crippen molar-refractivity contribution in [2.45, 2.75) is 0 Å². The van der Waals surface area contributed by atoms with Crippen LogP contribution in [-0.4, -0.2) is 122 Å². The van der Waals surface area contributed by atoms with Crippen LogP contribution in [0.4, 0.5) is 0 Å². The van der Waals surface area contributed by atoms with Crippen LogP contribution in [0.2, 0.25) is 0 Å². The van der Waals surface area contributed by atoms with Gasteiger partial charge in [-0.15, -0.1) is 0 Å². The van der Waals surface area contributed by atoms with Crippen LogP contribution < -0.4 is 20.4 Å². The topological polar surface area (TPSA) is 173 Å². The zero-order valence-corrected chi connectivity index (χ0v) is 18.0. The van der Waals surface area contributed by atoms with Gasteiger partial charge >= 0.3 is 34.1 Å². The van der Waals surface area contributed by atoms with E-state index in [0.29, 0.717) is 0 Å². The predicted molar refractivity (Wildman–Crippen MR) is 85.8 cm³/mol. The fourth-order valence-corrected chi connectivity index (χ4v) is 2.94. The van der Waals surface area contributed by atoms with Gasteiger partial charge in [0.15, 0.2) is 0 Å². The molecule has 0 spiro atoms. The van der Waals surface area contributed by atoms with Crippen LogP contribution in [0.3, 0.4) is 0 Å². The molecule has 1 aliphatic heterocycles. The van der Waals surface area contributed by atoms with E-state index in [-0.39, 0.29) is 113 Å². The summed E-state index contributed by atoms with van der Waals surface area (Å²) in [7, 11) is 0. The van der Waals surface area contributed by atoms with Crippen LogP contribution in [0.1, 0.15) is 0 Å². The second-order valence-corrected chi connectivity index (χ2v) is 6.59. The Bertz CT molecular complexity index is 457. The summed E-state index contributed by atoms with van der Waals surface area (Å²) in [6.45, 7) is 0.155. The van der Waals surface area contributed by atoms with Crippen LogP contribution in [0.25, 0.3) is 0 Å². The molecule has 2 radical (unpaired) electrons. The van der Waals surface area contributed by atoms with Gasteiger partial charge in [-0.1, -0.05) is 0 Å². The molecule has 0 saturated carbocycles. The zero-order valence-electron chi connectivity index (χ0n) is 16.1. The summed E-state index contributed by atoms with van der Waals surface area (Å²) in [6, 6.07) is 0. The molecule has 1 heterocycles. The summed E-state index contributed by atoms with van der Waals surface area (Å²) in [5.41, 5.74) is 0. The van der Waals surface area contributed by atoms with Crippen molar-refractivity contribution in [1.82, 2.24) is 19.6 Å². The molecule has 12 nitrogen and oxygen atoms in total. The minimum atomic E-state index is -1.30. The molecule has 0 bridgehead atoms. The van der Waals surface area contributed by atoms with E-state index in [0.717, 1.165) is 0 Å². The Balaban J connectivity index is 0. The van der Waals surface area contributed by atoms with E-state index < -0.39 is 23.9 Å². The smallest absolute Gasteiger partial charge is 0.549 e. The molecule has 0 aromatic carbocycles.